The number of rotatable bonds is 6. The normalized spacial score (nSPS) is 11.5. The third-order valence-electron chi connectivity index (χ3n) is 3.75. The van der Waals surface area contributed by atoms with Gasteiger partial charge >= 0.3 is 5.97 Å². The van der Waals surface area contributed by atoms with Crippen LogP contribution < -0.4 is 11.1 Å². The summed E-state index contributed by atoms with van der Waals surface area (Å²) in [7, 11) is 0. The highest BCUT2D eigenvalue weighted by Gasteiger charge is 2.22. The molecule has 3 N–H and O–H groups in total. The largest absolute Gasteiger partial charge is 0.449 e. The van der Waals surface area contributed by atoms with Gasteiger partial charge in [-0.05, 0) is 37.1 Å². The molecular formula is C18H19N3O5. The average molecular weight is 357 g/mol. The van der Waals surface area contributed by atoms with E-state index in [9.17, 15) is 19.7 Å². The number of hydrogen-bond acceptors (Lipinski definition) is 6. The smallest absolute Gasteiger partial charge is 0.341 e. The molecule has 0 aliphatic carbocycles. The first kappa shape index (κ1) is 18.9. The Balaban J connectivity index is 2.04. The van der Waals surface area contributed by atoms with Gasteiger partial charge in [0.05, 0.1) is 10.5 Å². The second kappa shape index (κ2) is 8.11. The van der Waals surface area contributed by atoms with Gasteiger partial charge in [-0.3, -0.25) is 14.9 Å². The maximum absolute atomic E-state index is 12.2. The number of carbonyl (C=O) groups is 2. The molecule has 0 aliphatic rings. The number of nitrogens with zero attached hydrogens (tertiary/aromatic N) is 1. The summed E-state index contributed by atoms with van der Waals surface area (Å²) in [5.41, 5.74) is 6.95. The zero-order chi connectivity index (χ0) is 19.3. The van der Waals surface area contributed by atoms with Crippen LogP contribution in [0.25, 0.3) is 0 Å². The number of esters is 1. The van der Waals surface area contributed by atoms with Crippen LogP contribution in [0.3, 0.4) is 0 Å². The zero-order valence-electron chi connectivity index (χ0n) is 14.4. The lowest BCUT2D eigenvalue weighted by atomic mass is 10.1. The Morgan fingerprint density at radius 2 is 1.88 bits per heavy atom. The number of amides is 1. The summed E-state index contributed by atoms with van der Waals surface area (Å²) in [5.74, 6) is -1.43. The Hall–Kier alpha value is -3.42. The fraction of sp³-hybridized carbons (Fsp3) is 0.222. The summed E-state index contributed by atoms with van der Waals surface area (Å²) in [6.07, 6.45) is -0.223. The van der Waals surface area contributed by atoms with Crippen LogP contribution in [0.4, 0.5) is 17.1 Å². The molecule has 0 aliphatic heterocycles. The third-order valence-corrected chi connectivity index (χ3v) is 3.75. The van der Waals surface area contributed by atoms with Gasteiger partial charge < -0.3 is 15.8 Å². The number of non-ortho nitro benzene ring substituents is 1. The standard InChI is InChI=1S/C18H19N3O5/c1-3-12-4-6-13(7-5-12)20-17(22)11(2)26-18(23)15-10-14(21(24)25)8-9-16(15)19/h4-11H,3,19H2,1-2H3,(H,20,22)/t11-/m1/s1. The number of carbonyl (C=O) groups excluding carboxylic acids is 2. The Morgan fingerprint density at radius 3 is 2.46 bits per heavy atom. The van der Waals surface area contributed by atoms with Gasteiger partial charge in [0.25, 0.3) is 11.6 Å². The topological polar surface area (TPSA) is 125 Å². The van der Waals surface area contributed by atoms with E-state index in [2.05, 4.69) is 5.32 Å². The number of nitro groups is 1. The number of hydrogen-bond donors (Lipinski definition) is 2. The van der Waals surface area contributed by atoms with Crippen molar-refractivity contribution in [3.05, 3.63) is 63.7 Å². The fourth-order valence-corrected chi connectivity index (χ4v) is 2.18. The minimum absolute atomic E-state index is 0.0309. The van der Waals surface area contributed by atoms with Gasteiger partial charge in [0.15, 0.2) is 6.10 Å². The van der Waals surface area contributed by atoms with Crippen LogP contribution in [0, 0.1) is 10.1 Å². The van der Waals surface area contributed by atoms with E-state index in [0.717, 1.165) is 18.1 Å². The molecule has 0 saturated heterocycles. The minimum atomic E-state index is -1.10. The van der Waals surface area contributed by atoms with Crippen molar-refractivity contribution in [2.75, 3.05) is 11.1 Å². The van der Waals surface area contributed by atoms with Gasteiger partial charge in [-0.25, -0.2) is 4.79 Å². The lowest BCUT2D eigenvalue weighted by molar-refractivity contribution is -0.384. The summed E-state index contributed by atoms with van der Waals surface area (Å²) in [6, 6.07) is 10.7. The van der Waals surface area contributed by atoms with Crippen molar-refractivity contribution >= 4 is 28.9 Å². The summed E-state index contributed by atoms with van der Waals surface area (Å²) >= 11 is 0. The predicted molar refractivity (Wildman–Crippen MR) is 96.8 cm³/mol. The van der Waals surface area contributed by atoms with Crippen molar-refractivity contribution < 1.29 is 19.2 Å². The molecule has 1 amide bonds. The summed E-state index contributed by atoms with van der Waals surface area (Å²) < 4.78 is 5.08. The Kier molecular flexibility index (Phi) is 5.90. The molecule has 0 fully saturated rings. The van der Waals surface area contributed by atoms with E-state index in [-0.39, 0.29) is 16.9 Å². The first-order valence-corrected chi connectivity index (χ1v) is 7.96. The second-order valence-electron chi connectivity index (χ2n) is 5.62. The Morgan fingerprint density at radius 1 is 1.23 bits per heavy atom. The van der Waals surface area contributed by atoms with Crippen molar-refractivity contribution in [2.24, 2.45) is 0 Å². The molecule has 0 spiro atoms. The molecule has 0 bridgehead atoms. The molecule has 1 atom stereocenters. The lowest BCUT2D eigenvalue weighted by Crippen LogP contribution is -2.30. The average Bonchev–Trinajstić information content (AvgIpc) is 2.62. The van der Waals surface area contributed by atoms with Gasteiger partial charge in [0.2, 0.25) is 0 Å². The highest BCUT2D eigenvalue weighted by molar-refractivity contribution is 5.99. The molecule has 136 valence electrons. The monoisotopic (exact) mass is 357 g/mol. The summed E-state index contributed by atoms with van der Waals surface area (Å²) in [5, 5.41) is 13.5. The number of ether oxygens (including phenoxy) is 1. The third kappa shape index (κ3) is 4.56. The Labute approximate surface area is 150 Å². The van der Waals surface area contributed by atoms with E-state index in [4.69, 9.17) is 10.5 Å². The summed E-state index contributed by atoms with van der Waals surface area (Å²) in [4.78, 5) is 34.5. The minimum Gasteiger partial charge on any atom is -0.449 e. The maximum atomic E-state index is 12.2. The second-order valence-corrected chi connectivity index (χ2v) is 5.62. The van der Waals surface area contributed by atoms with Gasteiger partial charge in [0.1, 0.15) is 0 Å². The number of benzene rings is 2. The van der Waals surface area contributed by atoms with Gasteiger partial charge in [0, 0.05) is 23.5 Å². The highest BCUT2D eigenvalue weighted by Crippen LogP contribution is 2.21. The van der Waals surface area contributed by atoms with E-state index in [1.807, 2.05) is 19.1 Å². The van der Waals surface area contributed by atoms with E-state index < -0.39 is 22.9 Å². The maximum Gasteiger partial charge on any atom is 0.341 e. The first-order valence-electron chi connectivity index (χ1n) is 7.96. The molecule has 0 radical (unpaired) electrons. The van der Waals surface area contributed by atoms with E-state index in [1.54, 1.807) is 12.1 Å². The Bertz CT molecular complexity index is 833. The predicted octanol–water partition coefficient (Wildman–Crippen LogP) is 2.92. The number of anilines is 2. The number of aryl methyl sites for hydroxylation is 1. The molecule has 0 heterocycles. The van der Waals surface area contributed by atoms with E-state index >= 15 is 0 Å². The van der Waals surface area contributed by atoms with E-state index in [1.165, 1.54) is 19.1 Å². The molecule has 8 heteroatoms. The van der Waals surface area contributed by atoms with Crippen LogP contribution in [-0.2, 0) is 16.0 Å². The van der Waals surface area contributed by atoms with Gasteiger partial charge in [-0.1, -0.05) is 19.1 Å². The van der Waals surface area contributed by atoms with Crippen molar-refractivity contribution in [1.29, 1.82) is 0 Å². The molecule has 2 aromatic rings. The number of nitrogens with two attached hydrogens (primary N) is 1. The number of nitrogen functional groups attached to an aromatic ring is 1. The molecule has 0 aromatic heterocycles. The van der Waals surface area contributed by atoms with Crippen LogP contribution in [-0.4, -0.2) is 22.9 Å². The molecule has 2 aromatic carbocycles. The van der Waals surface area contributed by atoms with Gasteiger partial charge in [-0.2, -0.15) is 0 Å². The van der Waals surface area contributed by atoms with E-state index in [0.29, 0.717) is 5.69 Å². The molecule has 2 rings (SSSR count). The molecule has 0 saturated carbocycles. The lowest BCUT2D eigenvalue weighted by Gasteiger charge is -2.14. The number of nitrogens with one attached hydrogen (secondary N) is 1. The highest BCUT2D eigenvalue weighted by atomic mass is 16.6. The molecular weight excluding hydrogens is 338 g/mol. The van der Waals surface area contributed by atoms with Crippen LogP contribution in [0.5, 0.6) is 0 Å². The van der Waals surface area contributed by atoms with Crippen LogP contribution in [0.15, 0.2) is 42.5 Å². The fourth-order valence-electron chi connectivity index (χ4n) is 2.18. The zero-order valence-corrected chi connectivity index (χ0v) is 14.4. The van der Waals surface area contributed by atoms with Gasteiger partial charge in [-0.15, -0.1) is 0 Å². The molecule has 8 nitrogen and oxygen atoms in total. The van der Waals surface area contributed by atoms with Crippen molar-refractivity contribution in [3.8, 4) is 0 Å². The number of nitro benzene ring substituents is 1. The quantitative estimate of drug-likeness (QED) is 0.354. The molecule has 0 unspecified atom stereocenters. The summed E-state index contributed by atoms with van der Waals surface area (Å²) in [6.45, 7) is 3.43. The SMILES string of the molecule is CCc1ccc(NC(=O)[C@@H](C)OC(=O)c2cc([N+](=O)[O-])ccc2N)cc1. The van der Waals surface area contributed by atoms with Crippen molar-refractivity contribution in [3.63, 3.8) is 0 Å². The van der Waals surface area contributed by atoms with Crippen molar-refractivity contribution in [2.45, 2.75) is 26.4 Å². The first-order chi connectivity index (χ1) is 12.3. The van der Waals surface area contributed by atoms with Crippen LogP contribution >= 0.6 is 0 Å². The van der Waals surface area contributed by atoms with Crippen LogP contribution in [0.1, 0.15) is 29.8 Å². The van der Waals surface area contributed by atoms with Crippen LogP contribution in [0.2, 0.25) is 0 Å². The molecule has 26 heavy (non-hydrogen) atoms. The van der Waals surface area contributed by atoms with Crippen molar-refractivity contribution in [1.82, 2.24) is 0 Å².